The molecule has 19 heavy (non-hydrogen) atoms. The molecule has 0 aliphatic heterocycles. The largest absolute Gasteiger partial charge is 0.321 e. The number of hydrogen-bond donors (Lipinski definition) is 1. The van der Waals surface area contributed by atoms with Crippen molar-refractivity contribution in [3.8, 4) is 0 Å². The Bertz CT molecular complexity index is 435. The summed E-state index contributed by atoms with van der Waals surface area (Å²) in [6.07, 6.45) is 6.17. The van der Waals surface area contributed by atoms with Crippen LogP contribution in [0.4, 0.5) is 0 Å². The molecular formula is C18H29N. The van der Waals surface area contributed by atoms with Crippen molar-refractivity contribution in [3.05, 3.63) is 34.9 Å². The van der Waals surface area contributed by atoms with Crippen LogP contribution >= 0.6 is 0 Å². The molecule has 1 nitrogen and oxygen atoms in total. The third kappa shape index (κ3) is 3.20. The minimum absolute atomic E-state index is 0.0951. The van der Waals surface area contributed by atoms with Gasteiger partial charge in [0.25, 0.3) is 0 Å². The molecule has 0 heterocycles. The standard InChI is InChI=1S/C18H29N/c1-13(2)16-6-5-10-18(19,11-9-16)17-8-7-14(3)15(4)12-17/h7-8,12-13,16H,5-6,9-11,19H2,1-4H3. The second kappa shape index (κ2) is 5.66. The van der Waals surface area contributed by atoms with Gasteiger partial charge in [-0.15, -0.1) is 0 Å². The molecule has 2 N–H and O–H groups in total. The van der Waals surface area contributed by atoms with E-state index in [-0.39, 0.29) is 5.54 Å². The summed E-state index contributed by atoms with van der Waals surface area (Å²) in [5.41, 5.74) is 10.7. The van der Waals surface area contributed by atoms with Crippen molar-refractivity contribution in [2.75, 3.05) is 0 Å². The molecule has 0 spiro atoms. The molecular weight excluding hydrogens is 230 g/mol. The van der Waals surface area contributed by atoms with Gasteiger partial charge in [-0.25, -0.2) is 0 Å². The second-order valence-corrected chi connectivity index (χ2v) is 6.89. The molecule has 1 heteroatoms. The van der Waals surface area contributed by atoms with Crippen LogP contribution in [0.1, 0.15) is 62.6 Å². The van der Waals surface area contributed by atoms with Gasteiger partial charge < -0.3 is 5.73 Å². The normalized spacial score (nSPS) is 28.4. The fourth-order valence-corrected chi connectivity index (χ4v) is 3.40. The molecule has 0 aromatic heterocycles. The van der Waals surface area contributed by atoms with E-state index in [9.17, 15) is 0 Å². The Balaban J connectivity index is 2.20. The molecule has 2 unspecified atom stereocenters. The predicted molar refractivity (Wildman–Crippen MR) is 83.2 cm³/mol. The maximum Gasteiger partial charge on any atom is 0.0409 e. The van der Waals surface area contributed by atoms with Crippen LogP contribution in [0.2, 0.25) is 0 Å². The number of nitrogens with two attached hydrogens (primary N) is 1. The Morgan fingerprint density at radius 2 is 1.84 bits per heavy atom. The zero-order valence-corrected chi connectivity index (χ0v) is 13.0. The van der Waals surface area contributed by atoms with Crippen molar-refractivity contribution in [1.82, 2.24) is 0 Å². The summed E-state index contributed by atoms with van der Waals surface area (Å²) in [4.78, 5) is 0. The van der Waals surface area contributed by atoms with Crippen molar-refractivity contribution >= 4 is 0 Å². The third-order valence-electron chi connectivity index (χ3n) is 5.18. The van der Waals surface area contributed by atoms with Crippen LogP contribution < -0.4 is 5.73 Å². The quantitative estimate of drug-likeness (QED) is 0.766. The Morgan fingerprint density at radius 1 is 1.11 bits per heavy atom. The predicted octanol–water partition coefficient (Wildman–Crippen LogP) is 4.69. The van der Waals surface area contributed by atoms with Crippen molar-refractivity contribution in [1.29, 1.82) is 0 Å². The second-order valence-electron chi connectivity index (χ2n) is 6.89. The topological polar surface area (TPSA) is 26.0 Å². The first-order valence-electron chi connectivity index (χ1n) is 7.79. The van der Waals surface area contributed by atoms with Crippen molar-refractivity contribution in [2.45, 2.75) is 65.3 Å². The highest BCUT2D eigenvalue weighted by Crippen LogP contribution is 2.38. The molecule has 1 aliphatic carbocycles. The number of benzene rings is 1. The summed E-state index contributed by atoms with van der Waals surface area (Å²) >= 11 is 0. The lowest BCUT2D eigenvalue weighted by molar-refractivity contribution is 0.325. The van der Waals surface area contributed by atoms with Gasteiger partial charge in [-0.1, -0.05) is 44.9 Å². The highest BCUT2D eigenvalue weighted by Gasteiger charge is 2.31. The number of rotatable bonds is 2. The Morgan fingerprint density at radius 3 is 2.47 bits per heavy atom. The summed E-state index contributed by atoms with van der Waals surface area (Å²) < 4.78 is 0. The van der Waals surface area contributed by atoms with Crippen LogP contribution in [0.3, 0.4) is 0 Å². The maximum absolute atomic E-state index is 6.76. The van der Waals surface area contributed by atoms with Gasteiger partial charge in [0.2, 0.25) is 0 Å². The lowest BCUT2D eigenvalue weighted by atomic mass is 9.82. The highest BCUT2D eigenvalue weighted by atomic mass is 14.7. The Hall–Kier alpha value is -0.820. The first-order chi connectivity index (χ1) is 8.92. The van der Waals surface area contributed by atoms with Crippen LogP contribution in [0.25, 0.3) is 0 Å². The van der Waals surface area contributed by atoms with E-state index >= 15 is 0 Å². The van der Waals surface area contributed by atoms with E-state index in [4.69, 9.17) is 5.73 Å². The van der Waals surface area contributed by atoms with Gasteiger partial charge in [0, 0.05) is 5.54 Å². The fraction of sp³-hybridized carbons (Fsp3) is 0.667. The fourth-order valence-electron chi connectivity index (χ4n) is 3.40. The van der Waals surface area contributed by atoms with Crippen molar-refractivity contribution in [3.63, 3.8) is 0 Å². The van der Waals surface area contributed by atoms with Crippen molar-refractivity contribution in [2.24, 2.45) is 17.6 Å². The molecule has 2 atom stereocenters. The van der Waals surface area contributed by atoms with E-state index in [2.05, 4.69) is 45.9 Å². The minimum Gasteiger partial charge on any atom is -0.321 e. The summed E-state index contributed by atoms with van der Waals surface area (Å²) in [6.45, 7) is 9.06. The molecule has 1 saturated carbocycles. The average Bonchev–Trinajstić information content (AvgIpc) is 2.56. The molecule has 1 aliphatic rings. The first-order valence-corrected chi connectivity index (χ1v) is 7.79. The van der Waals surface area contributed by atoms with Gasteiger partial charge in [-0.05, 0) is 61.6 Å². The summed E-state index contributed by atoms with van der Waals surface area (Å²) in [5.74, 6) is 1.65. The minimum atomic E-state index is -0.0951. The number of hydrogen-bond acceptors (Lipinski definition) is 1. The highest BCUT2D eigenvalue weighted by molar-refractivity contribution is 5.34. The van der Waals surface area contributed by atoms with Gasteiger partial charge in [0.1, 0.15) is 0 Å². The summed E-state index contributed by atoms with van der Waals surface area (Å²) in [5, 5.41) is 0. The van der Waals surface area contributed by atoms with Crippen LogP contribution in [-0.4, -0.2) is 0 Å². The van der Waals surface area contributed by atoms with Gasteiger partial charge in [0.15, 0.2) is 0 Å². The van der Waals surface area contributed by atoms with Crippen LogP contribution in [-0.2, 0) is 5.54 Å². The smallest absolute Gasteiger partial charge is 0.0409 e. The van der Waals surface area contributed by atoms with Crippen LogP contribution in [0.15, 0.2) is 18.2 Å². The van der Waals surface area contributed by atoms with E-state index in [1.807, 2.05) is 0 Å². The molecule has 1 aromatic carbocycles. The molecule has 0 bridgehead atoms. The lowest BCUT2D eigenvalue weighted by Crippen LogP contribution is -2.36. The van der Waals surface area contributed by atoms with E-state index in [0.29, 0.717) is 0 Å². The van der Waals surface area contributed by atoms with E-state index in [1.54, 1.807) is 0 Å². The SMILES string of the molecule is Cc1ccc(C2(N)CCCC(C(C)C)CC2)cc1C. The molecule has 2 rings (SSSR count). The molecule has 0 amide bonds. The van der Waals surface area contributed by atoms with Gasteiger partial charge in [-0.2, -0.15) is 0 Å². The summed E-state index contributed by atoms with van der Waals surface area (Å²) in [7, 11) is 0. The van der Waals surface area contributed by atoms with Gasteiger partial charge in [0.05, 0.1) is 0 Å². The molecule has 1 aromatic rings. The van der Waals surface area contributed by atoms with Crippen LogP contribution in [0.5, 0.6) is 0 Å². The zero-order chi connectivity index (χ0) is 14.0. The molecule has 0 saturated heterocycles. The Labute approximate surface area is 118 Å². The third-order valence-corrected chi connectivity index (χ3v) is 5.18. The van der Waals surface area contributed by atoms with Crippen LogP contribution in [0, 0.1) is 25.7 Å². The number of aryl methyl sites for hydroxylation is 2. The van der Waals surface area contributed by atoms with E-state index in [0.717, 1.165) is 24.7 Å². The first kappa shape index (κ1) is 14.6. The average molecular weight is 259 g/mol. The lowest BCUT2D eigenvalue weighted by Gasteiger charge is -2.30. The molecule has 0 radical (unpaired) electrons. The monoisotopic (exact) mass is 259 g/mol. The van der Waals surface area contributed by atoms with Crippen molar-refractivity contribution < 1.29 is 0 Å². The van der Waals surface area contributed by atoms with E-state index < -0.39 is 0 Å². The molecule has 1 fully saturated rings. The summed E-state index contributed by atoms with van der Waals surface area (Å²) in [6, 6.07) is 6.78. The Kier molecular flexibility index (Phi) is 4.35. The molecule has 106 valence electrons. The van der Waals surface area contributed by atoms with Gasteiger partial charge >= 0.3 is 0 Å². The zero-order valence-electron chi connectivity index (χ0n) is 13.0. The maximum atomic E-state index is 6.76. The van der Waals surface area contributed by atoms with Gasteiger partial charge in [-0.3, -0.25) is 0 Å². The van der Waals surface area contributed by atoms with E-state index in [1.165, 1.54) is 36.0 Å².